The zero-order chi connectivity index (χ0) is 14.4. The van der Waals surface area contributed by atoms with Crippen molar-refractivity contribution in [3.8, 4) is 0 Å². The lowest BCUT2D eigenvalue weighted by atomic mass is 9.75. The van der Waals surface area contributed by atoms with E-state index in [4.69, 9.17) is 0 Å². The SMILES string of the molecule is CCCNCCS(=O)(=O)N1CCC(CC)(CC)CC1. The van der Waals surface area contributed by atoms with Crippen LogP contribution in [0.25, 0.3) is 0 Å². The molecular formula is C14H30N2O2S. The minimum atomic E-state index is -3.06. The lowest BCUT2D eigenvalue weighted by Crippen LogP contribution is -2.44. The quantitative estimate of drug-likeness (QED) is 0.697. The number of nitrogens with one attached hydrogen (secondary N) is 1. The van der Waals surface area contributed by atoms with Crippen molar-refractivity contribution >= 4 is 10.0 Å². The molecule has 1 rings (SSSR count). The summed E-state index contributed by atoms with van der Waals surface area (Å²) in [6, 6.07) is 0. The Hall–Kier alpha value is -0.130. The predicted molar refractivity (Wildman–Crippen MR) is 80.8 cm³/mol. The third-order valence-electron chi connectivity index (χ3n) is 4.64. The summed E-state index contributed by atoms with van der Waals surface area (Å²) in [6.07, 6.45) is 5.40. The highest BCUT2D eigenvalue weighted by atomic mass is 32.2. The Morgan fingerprint density at radius 1 is 1.05 bits per heavy atom. The number of rotatable bonds is 8. The summed E-state index contributed by atoms with van der Waals surface area (Å²) < 4.78 is 26.1. The van der Waals surface area contributed by atoms with E-state index in [-0.39, 0.29) is 5.75 Å². The van der Waals surface area contributed by atoms with E-state index >= 15 is 0 Å². The molecule has 0 radical (unpaired) electrons. The Morgan fingerprint density at radius 3 is 2.11 bits per heavy atom. The van der Waals surface area contributed by atoms with Gasteiger partial charge in [-0.25, -0.2) is 12.7 Å². The van der Waals surface area contributed by atoms with E-state index in [1.165, 1.54) is 0 Å². The van der Waals surface area contributed by atoms with Gasteiger partial charge in [0, 0.05) is 19.6 Å². The average Bonchev–Trinajstić information content (AvgIpc) is 2.43. The van der Waals surface area contributed by atoms with Gasteiger partial charge in [-0.05, 0) is 31.2 Å². The number of piperidine rings is 1. The maximum atomic E-state index is 12.2. The van der Waals surface area contributed by atoms with Gasteiger partial charge < -0.3 is 5.32 Å². The molecule has 0 spiro atoms. The van der Waals surface area contributed by atoms with Crippen LogP contribution in [0.5, 0.6) is 0 Å². The summed E-state index contributed by atoms with van der Waals surface area (Å²) in [5.41, 5.74) is 0.381. The van der Waals surface area contributed by atoms with Gasteiger partial charge in [-0.3, -0.25) is 0 Å². The Bertz CT molecular complexity index is 340. The molecule has 1 fully saturated rings. The Labute approximate surface area is 119 Å². The highest BCUT2D eigenvalue weighted by Gasteiger charge is 2.35. The Morgan fingerprint density at radius 2 is 1.63 bits per heavy atom. The van der Waals surface area contributed by atoms with Crippen LogP contribution in [0.4, 0.5) is 0 Å². The van der Waals surface area contributed by atoms with Crippen LogP contribution in [-0.2, 0) is 10.0 Å². The molecule has 0 aromatic carbocycles. The van der Waals surface area contributed by atoms with Gasteiger partial charge in [-0.1, -0.05) is 33.6 Å². The minimum Gasteiger partial charge on any atom is -0.316 e. The summed E-state index contributed by atoms with van der Waals surface area (Å²) in [4.78, 5) is 0. The van der Waals surface area contributed by atoms with Crippen molar-refractivity contribution in [3.63, 3.8) is 0 Å². The zero-order valence-corrected chi connectivity index (χ0v) is 13.6. The highest BCUT2D eigenvalue weighted by Crippen LogP contribution is 2.38. The standard InChI is InChI=1S/C14H30N2O2S/c1-4-9-15-10-13-19(17,18)16-11-7-14(5-2,6-3)8-12-16/h15H,4-13H2,1-3H3. The fourth-order valence-corrected chi connectivity index (χ4v) is 4.23. The van der Waals surface area contributed by atoms with Crippen LogP contribution < -0.4 is 5.32 Å². The third-order valence-corrected chi connectivity index (χ3v) is 6.51. The van der Waals surface area contributed by atoms with Gasteiger partial charge in [0.15, 0.2) is 0 Å². The largest absolute Gasteiger partial charge is 0.316 e. The second-order valence-corrected chi connectivity index (χ2v) is 7.76. The molecular weight excluding hydrogens is 260 g/mol. The first-order valence-electron chi connectivity index (χ1n) is 7.68. The first kappa shape index (κ1) is 16.9. The van der Waals surface area contributed by atoms with Crippen molar-refractivity contribution in [2.75, 3.05) is 31.9 Å². The Balaban J connectivity index is 2.45. The molecule has 1 N–H and O–H groups in total. The molecule has 1 aliphatic heterocycles. The van der Waals surface area contributed by atoms with Gasteiger partial charge in [-0.15, -0.1) is 0 Å². The summed E-state index contributed by atoms with van der Waals surface area (Å²) in [6.45, 7) is 9.41. The molecule has 4 nitrogen and oxygen atoms in total. The maximum Gasteiger partial charge on any atom is 0.215 e. The summed E-state index contributed by atoms with van der Waals surface area (Å²) >= 11 is 0. The van der Waals surface area contributed by atoms with Crippen molar-refractivity contribution < 1.29 is 8.42 Å². The summed E-state index contributed by atoms with van der Waals surface area (Å²) in [7, 11) is -3.06. The molecule has 0 saturated carbocycles. The molecule has 0 aromatic rings. The van der Waals surface area contributed by atoms with Crippen LogP contribution in [0.2, 0.25) is 0 Å². The molecule has 19 heavy (non-hydrogen) atoms. The topological polar surface area (TPSA) is 49.4 Å². The fourth-order valence-electron chi connectivity index (χ4n) is 2.83. The second-order valence-electron chi connectivity index (χ2n) is 5.67. The molecule has 1 saturated heterocycles. The normalized spacial score (nSPS) is 20.6. The van der Waals surface area contributed by atoms with Crippen LogP contribution in [0.15, 0.2) is 0 Å². The smallest absolute Gasteiger partial charge is 0.215 e. The van der Waals surface area contributed by atoms with E-state index in [0.29, 0.717) is 25.0 Å². The van der Waals surface area contributed by atoms with Crippen LogP contribution >= 0.6 is 0 Å². The third kappa shape index (κ3) is 4.72. The molecule has 1 aliphatic rings. The number of sulfonamides is 1. The number of nitrogens with zero attached hydrogens (tertiary/aromatic N) is 1. The second kappa shape index (κ2) is 7.60. The molecule has 5 heteroatoms. The van der Waals surface area contributed by atoms with E-state index in [2.05, 4.69) is 26.1 Å². The Kier molecular flexibility index (Phi) is 6.77. The van der Waals surface area contributed by atoms with Crippen molar-refractivity contribution in [2.24, 2.45) is 5.41 Å². The van der Waals surface area contributed by atoms with Crippen molar-refractivity contribution in [2.45, 2.75) is 52.9 Å². The monoisotopic (exact) mass is 290 g/mol. The summed E-state index contributed by atoms with van der Waals surface area (Å²) in [5, 5.41) is 3.16. The molecule has 0 unspecified atom stereocenters. The average molecular weight is 290 g/mol. The van der Waals surface area contributed by atoms with Gasteiger partial charge in [0.25, 0.3) is 0 Å². The molecule has 0 aliphatic carbocycles. The van der Waals surface area contributed by atoms with E-state index in [0.717, 1.165) is 38.6 Å². The van der Waals surface area contributed by atoms with Gasteiger partial charge in [0.2, 0.25) is 10.0 Å². The summed E-state index contributed by atoms with van der Waals surface area (Å²) in [5.74, 6) is 0.234. The van der Waals surface area contributed by atoms with E-state index in [9.17, 15) is 8.42 Å². The number of hydrogen-bond donors (Lipinski definition) is 1. The lowest BCUT2D eigenvalue weighted by molar-refractivity contribution is 0.141. The van der Waals surface area contributed by atoms with Crippen LogP contribution in [0, 0.1) is 5.41 Å². The molecule has 1 heterocycles. The van der Waals surface area contributed by atoms with Crippen molar-refractivity contribution in [3.05, 3.63) is 0 Å². The molecule has 0 bridgehead atoms. The number of hydrogen-bond acceptors (Lipinski definition) is 3. The first-order chi connectivity index (χ1) is 8.99. The van der Waals surface area contributed by atoms with Gasteiger partial charge in [0.1, 0.15) is 0 Å². The molecule has 0 aromatic heterocycles. The van der Waals surface area contributed by atoms with Crippen molar-refractivity contribution in [1.82, 2.24) is 9.62 Å². The van der Waals surface area contributed by atoms with Crippen LogP contribution in [-0.4, -0.2) is 44.7 Å². The van der Waals surface area contributed by atoms with Gasteiger partial charge in [0.05, 0.1) is 5.75 Å². The van der Waals surface area contributed by atoms with Crippen molar-refractivity contribution in [1.29, 1.82) is 0 Å². The minimum absolute atomic E-state index is 0.234. The maximum absolute atomic E-state index is 12.2. The van der Waals surface area contributed by atoms with E-state index < -0.39 is 10.0 Å². The first-order valence-corrected chi connectivity index (χ1v) is 9.29. The highest BCUT2D eigenvalue weighted by molar-refractivity contribution is 7.89. The molecule has 0 amide bonds. The predicted octanol–water partition coefficient (Wildman–Crippen LogP) is 2.22. The van der Waals surface area contributed by atoms with Gasteiger partial charge in [-0.2, -0.15) is 0 Å². The van der Waals surface area contributed by atoms with Crippen LogP contribution in [0.1, 0.15) is 52.9 Å². The van der Waals surface area contributed by atoms with E-state index in [1.54, 1.807) is 4.31 Å². The lowest BCUT2D eigenvalue weighted by Gasteiger charge is -2.40. The fraction of sp³-hybridized carbons (Fsp3) is 1.00. The molecule has 0 atom stereocenters. The van der Waals surface area contributed by atoms with E-state index in [1.807, 2.05) is 0 Å². The molecule has 114 valence electrons. The van der Waals surface area contributed by atoms with Crippen LogP contribution in [0.3, 0.4) is 0 Å². The van der Waals surface area contributed by atoms with Gasteiger partial charge >= 0.3 is 0 Å². The zero-order valence-electron chi connectivity index (χ0n) is 12.7.